The van der Waals surface area contributed by atoms with Crippen LogP contribution in [0.1, 0.15) is 25.3 Å². The maximum Gasteiger partial charge on any atom is 0.313 e. The lowest BCUT2D eigenvalue weighted by Gasteiger charge is -2.17. The number of aliphatic carboxylic acids is 1. The summed E-state index contributed by atoms with van der Waals surface area (Å²) in [5, 5.41) is 28.9. The van der Waals surface area contributed by atoms with Crippen molar-refractivity contribution in [3.05, 3.63) is 42.0 Å². The van der Waals surface area contributed by atoms with Crippen LogP contribution in [-0.2, 0) is 16.0 Å². The summed E-state index contributed by atoms with van der Waals surface area (Å²) in [4.78, 5) is 22.8. The Balaban J connectivity index is 1.83. The highest BCUT2D eigenvalue weighted by Crippen LogP contribution is 2.34. The van der Waals surface area contributed by atoms with Crippen molar-refractivity contribution in [2.24, 2.45) is 5.92 Å². The first-order chi connectivity index (χ1) is 14.4. The Morgan fingerprint density at radius 2 is 2.03 bits per heavy atom. The molecule has 0 heterocycles. The highest BCUT2D eigenvalue weighted by molar-refractivity contribution is 8.01. The Kier molecular flexibility index (Phi) is 10.8. The predicted molar refractivity (Wildman–Crippen MR) is 121 cm³/mol. The Morgan fingerprint density at radius 1 is 1.30 bits per heavy atom. The van der Waals surface area contributed by atoms with Crippen LogP contribution in [0.25, 0.3) is 0 Å². The molecule has 1 aromatic rings. The van der Waals surface area contributed by atoms with E-state index in [4.69, 9.17) is 9.84 Å². The summed E-state index contributed by atoms with van der Waals surface area (Å²) < 4.78 is 5.41. The molecule has 4 atom stereocenters. The Labute approximate surface area is 186 Å². The van der Waals surface area contributed by atoms with E-state index in [0.717, 1.165) is 29.2 Å². The second kappa shape index (κ2) is 13.0. The van der Waals surface area contributed by atoms with Crippen LogP contribution in [0.2, 0.25) is 0 Å². The highest BCUT2D eigenvalue weighted by Gasteiger charge is 2.40. The number of hydrogen-bond donors (Lipinski definition) is 3. The van der Waals surface area contributed by atoms with Crippen molar-refractivity contribution in [2.75, 3.05) is 23.9 Å². The quantitative estimate of drug-likeness (QED) is 0.309. The summed E-state index contributed by atoms with van der Waals surface area (Å²) >= 11 is 2.87. The second-order valence-corrected chi connectivity index (χ2v) is 9.49. The number of aliphatic hydroxyl groups is 2. The minimum Gasteiger partial charge on any atom is -0.494 e. The number of carbonyl (C=O) groups is 2. The van der Waals surface area contributed by atoms with Crippen LogP contribution >= 0.6 is 23.5 Å². The lowest BCUT2D eigenvalue weighted by molar-refractivity contribution is -0.133. The Morgan fingerprint density at radius 3 is 2.70 bits per heavy atom. The van der Waals surface area contributed by atoms with Crippen molar-refractivity contribution in [1.29, 1.82) is 0 Å². The molecular weight excluding hydrogens is 424 g/mol. The normalized spacial score (nSPS) is 22.5. The fourth-order valence-corrected chi connectivity index (χ4v) is 5.48. The summed E-state index contributed by atoms with van der Waals surface area (Å²) in [6, 6.07) is 7.57. The van der Waals surface area contributed by atoms with Gasteiger partial charge in [0.2, 0.25) is 0 Å². The molecule has 3 N–H and O–H groups in total. The van der Waals surface area contributed by atoms with Gasteiger partial charge in [0, 0.05) is 18.8 Å². The van der Waals surface area contributed by atoms with Gasteiger partial charge >= 0.3 is 5.97 Å². The van der Waals surface area contributed by atoms with Crippen molar-refractivity contribution < 1.29 is 29.6 Å². The molecule has 0 saturated heterocycles. The summed E-state index contributed by atoms with van der Waals surface area (Å²) in [5.41, 5.74) is 0.975. The molecule has 2 rings (SSSR count). The largest absolute Gasteiger partial charge is 0.494 e. The lowest BCUT2D eigenvalue weighted by atomic mass is 10.0. The van der Waals surface area contributed by atoms with Crippen molar-refractivity contribution in [1.82, 2.24) is 0 Å². The zero-order valence-electron chi connectivity index (χ0n) is 17.1. The average Bonchev–Trinajstić information content (AvgIpc) is 2.97. The van der Waals surface area contributed by atoms with Gasteiger partial charge in [0.1, 0.15) is 11.5 Å². The summed E-state index contributed by atoms with van der Waals surface area (Å²) in [5.74, 6) is 1.23. The molecule has 6 nitrogen and oxygen atoms in total. The van der Waals surface area contributed by atoms with E-state index in [1.807, 2.05) is 31.2 Å². The number of benzene rings is 1. The van der Waals surface area contributed by atoms with E-state index in [1.165, 1.54) is 23.5 Å². The van der Waals surface area contributed by atoms with Crippen LogP contribution in [0.4, 0.5) is 0 Å². The monoisotopic (exact) mass is 454 g/mol. The Bertz CT molecular complexity index is 706. The first kappa shape index (κ1) is 24.8. The van der Waals surface area contributed by atoms with E-state index < -0.39 is 18.2 Å². The van der Waals surface area contributed by atoms with Crippen LogP contribution in [0, 0.1) is 5.92 Å². The lowest BCUT2D eigenvalue weighted by Crippen LogP contribution is -2.22. The van der Waals surface area contributed by atoms with E-state index in [2.05, 4.69) is 0 Å². The van der Waals surface area contributed by atoms with Crippen molar-refractivity contribution in [2.45, 2.75) is 43.6 Å². The molecular formula is C22H30O6S2. The predicted octanol–water partition coefficient (Wildman–Crippen LogP) is 2.80. The molecule has 3 unspecified atom stereocenters. The van der Waals surface area contributed by atoms with Gasteiger partial charge in [-0.1, -0.05) is 24.3 Å². The molecule has 1 aromatic carbocycles. The van der Waals surface area contributed by atoms with Crippen molar-refractivity contribution in [3.63, 3.8) is 0 Å². The van der Waals surface area contributed by atoms with E-state index in [1.54, 1.807) is 12.2 Å². The third-order valence-electron chi connectivity index (χ3n) is 4.71. The summed E-state index contributed by atoms with van der Waals surface area (Å²) in [7, 11) is 0. The molecule has 0 spiro atoms. The van der Waals surface area contributed by atoms with E-state index in [9.17, 15) is 19.8 Å². The smallest absolute Gasteiger partial charge is 0.313 e. The molecule has 1 saturated carbocycles. The maximum atomic E-state index is 12.3. The number of hydrogen-bond acceptors (Lipinski definition) is 7. The summed E-state index contributed by atoms with van der Waals surface area (Å²) in [6.07, 6.45) is 3.38. The van der Waals surface area contributed by atoms with Crippen molar-refractivity contribution in [3.8, 4) is 5.75 Å². The van der Waals surface area contributed by atoms with Gasteiger partial charge in [-0.15, -0.1) is 11.8 Å². The number of aliphatic hydroxyl groups excluding tert-OH is 2. The van der Waals surface area contributed by atoms with Gasteiger partial charge in [-0.2, -0.15) is 11.8 Å². The van der Waals surface area contributed by atoms with Gasteiger partial charge in [0.15, 0.2) is 0 Å². The standard InChI is InChI=1S/C22H30O6S2/c1-2-28-17-7-4-15(5-8-17)12-16(23)6-9-18-19(24)13-20(25)22(18)30-11-3-10-29-14-21(26)27/h4-9,16,18-19,22-24H,2-3,10-14H2,1H3,(H,26,27)/t16?,18-,19?,22?/m0/s1. The average molecular weight is 455 g/mol. The molecule has 30 heavy (non-hydrogen) atoms. The number of carboxylic acids is 1. The number of carbonyl (C=O) groups excluding carboxylic acids is 1. The molecule has 0 aliphatic heterocycles. The molecule has 1 aliphatic carbocycles. The number of carboxylic acid groups (broad SMARTS) is 1. The number of rotatable bonds is 13. The molecule has 0 radical (unpaired) electrons. The highest BCUT2D eigenvalue weighted by atomic mass is 32.2. The maximum absolute atomic E-state index is 12.3. The minimum absolute atomic E-state index is 0.0290. The third-order valence-corrected chi connectivity index (χ3v) is 7.20. The number of thioether (sulfide) groups is 2. The number of ether oxygens (including phenoxy) is 1. The molecule has 1 fully saturated rings. The zero-order chi connectivity index (χ0) is 21.9. The van der Waals surface area contributed by atoms with Gasteiger partial charge in [-0.25, -0.2) is 0 Å². The molecule has 0 aromatic heterocycles. The van der Waals surface area contributed by atoms with E-state index in [0.29, 0.717) is 13.0 Å². The topological polar surface area (TPSA) is 104 Å². The molecule has 166 valence electrons. The first-order valence-corrected chi connectivity index (χ1v) is 12.3. The van der Waals surface area contributed by atoms with Crippen LogP contribution in [-0.4, -0.2) is 68.4 Å². The van der Waals surface area contributed by atoms with E-state index >= 15 is 0 Å². The fourth-order valence-electron chi connectivity index (χ4n) is 3.29. The Hall–Kier alpha value is -1.48. The van der Waals surface area contributed by atoms with Gasteiger partial charge < -0.3 is 20.1 Å². The van der Waals surface area contributed by atoms with Gasteiger partial charge in [-0.05, 0) is 42.5 Å². The van der Waals surface area contributed by atoms with Gasteiger partial charge in [-0.3, -0.25) is 9.59 Å². The van der Waals surface area contributed by atoms with E-state index in [-0.39, 0.29) is 29.1 Å². The van der Waals surface area contributed by atoms with Crippen LogP contribution < -0.4 is 4.74 Å². The van der Waals surface area contributed by atoms with Crippen molar-refractivity contribution >= 4 is 35.3 Å². The van der Waals surface area contributed by atoms with Crippen LogP contribution in [0.15, 0.2) is 36.4 Å². The number of Topliss-reactive ketones (excluding diaryl/α,β-unsaturated/α-hetero) is 1. The molecule has 8 heteroatoms. The fraction of sp³-hybridized carbons (Fsp3) is 0.545. The molecule has 0 amide bonds. The van der Waals surface area contributed by atoms with Crippen LogP contribution in [0.5, 0.6) is 5.75 Å². The zero-order valence-corrected chi connectivity index (χ0v) is 18.7. The summed E-state index contributed by atoms with van der Waals surface area (Å²) in [6.45, 7) is 2.53. The molecule has 1 aliphatic rings. The van der Waals surface area contributed by atoms with Gasteiger partial charge in [0.25, 0.3) is 0 Å². The SMILES string of the molecule is CCOc1ccc(CC(O)C=C[C@H]2C(O)CC(=O)C2SCCCSCC(=O)O)cc1. The first-order valence-electron chi connectivity index (χ1n) is 10.1. The molecule has 0 bridgehead atoms. The second-order valence-electron chi connectivity index (χ2n) is 7.14. The van der Waals surface area contributed by atoms with Crippen LogP contribution in [0.3, 0.4) is 0 Å². The minimum atomic E-state index is -0.823. The third kappa shape index (κ3) is 8.34. The number of ketones is 1. The van der Waals surface area contributed by atoms with Gasteiger partial charge in [0.05, 0.1) is 29.8 Å².